The summed E-state index contributed by atoms with van der Waals surface area (Å²) in [5.41, 5.74) is 7.25. The van der Waals surface area contributed by atoms with Crippen LogP contribution in [-0.4, -0.2) is 17.3 Å². The third-order valence-electron chi connectivity index (χ3n) is 1.70. The maximum absolute atomic E-state index is 8.94. The first kappa shape index (κ1) is 6.05. The molecular weight excluding hydrogens is 102 g/mol. The van der Waals surface area contributed by atoms with Crippen LogP contribution in [0.5, 0.6) is 0 Å². The molecule has 0 aromatic carbocycles. The van der Waals surface area contributed by atoms with Crippen LogP contribution in [0.2, 0.25) is 0 Å². The first-order chi connectivity index (χ1) is 3.79. The molecule has 0 amide bonds. The Morgan fingerprint density at radius 3 is 2.00 bits per heavy atom. The molecule has 2 nitrogen and oxygen atoms in total. The molecule has 1 aliphatic rings. The summed E-state index contributed by atoms with van der Waals surface area (Å²) in [6.45, 7) is 0. The van der Waals surface area contributed by atoms with Gasteiger partial charge in [-0.15, -0.1) is 0 Å². The fourth-order valence-electron chi connectivity index (χ4n) is 1.08. The van der Waals surface area contributed by atoms with Crippen molar-refractivity contribution < 1.29 is 5.11 Å². The molecule has 2 heteroatoms. The van der Waals surface area contributed by atoms with E-state index in [1.165, 1.54) is 0 Å². The highest BCUT2D eigenvalue weighted by atomic mass is 16.3. The minimum absolute atomic E-state index is 0.100. The van der Waals surface area contributed by atoms with Gasteiger partial charge in [-0.2, -0.15) is 0 Å². The second-order valence-corrected chi connectivity index (χ2v) is 2.51. The van der Waals surface area contributed by atoms with Crippen molar-refractivity contribution in [3.05, 3.63) is 0 Å². The van der Waals surface area contributed by atoms with E-state index < -0.39 is 0 Å². The van der Waals surface area contributed by atoms with Crippen LogP contribution >= 0.6 is 0 Å². The highest BCUT2D eigenvalue weighted by molar-refractivity contribution is 4.72. The average Bonchev–Trinajstić information content (AvgIpc) is 1.77. The first-order valence-electron chi connectivity index (χ1n) is 3.18. The third-order valence-corrected chi connectivity index (χ3v) is 1.70. The van der Waals surface area contributed by atoms with Gasteiger partial charge in [0.15, 0.2) is 0 Å². The summed E-state index contributed by atoms with van der Waals surface area (Å²) in [7, 11) is 0. The molecule has 0 atom stereocenters. The van der Waals surface area contributed by atoms with Gasteiger partial charge in [0.1, 0.15) is 0 Å². The van der Waals surface area contributed by atoms with Gasteiger partial charge in [-0.3, -0.25) is 5.73 Å². The molecule has 1 fully saturated rings. The molecule has 0 aromatic heterocycles. The molecule has 0 heterocycles. The summed E-state index contributed by atoms with van der Waals surface area (Å²) < 4.78 is 0. The summed E-state index contributed by atoms with van der Waals surface area (Å²) in [6, 6.07) is 0.110. The van der Waals surface area contributed by atoms with E-state index >= 15 is 0 Å². The van der Waals surface area contributed by atoms with Gasteiger partial charge in [0, 0.05) is 6.04 Å². The van der Waals surface area contributed by atoms with Crippen molar-refractivity contribution in [2.75, 3.05) is 0 Å². The van der Waals surface area contributed by atoms with Gasteiger partial charge in [-0.05, 0) is 25.7 Å². The maximum Gasteiger partial charge on any atom is 0.0541 e. The van der Waals surface area contributed by atoms with E-state index in [1.807, 2.05) is 0 Å². The molecule has 1 aliphatic carbocycles. The van der Waals surface area contributed by atoms with E-state index in [-0.39, 0.29) is 12.1 Å². The van der Waals surface area contributed by atoms with Crippen LogP contribution in [-0.2, 0) is 0 Å². The second kappa shape index (κ2) is 2.46. The number of rotatable bonds is 0. The smallest absolute Gasteiger partial charge is 0.0541 e. The summed E-state index contributed by atoms with van der Waals surface area (Å²) >= 11 is 0. The molecule has 1 rings (SSSR count). The van der Waals surface area contributed by atoms with Crippen molar-refractivity contribution >= 4 is 0 Å². The van der Waals surface area contributed by atoms with Crippen molar-refractivity contribution in [3.8, 4) is 0 Å². The molecule has 0 aliphatic heterocycles. The van der Waals surface area contributed by atoms with E-state index in [0.717, 1.165) is 25.7 Å². The third kappa shape index (κ3) is 1.46. The van der Waals surface area contributed by atoms with Crippen molar-refractivity contribution in [3.63, 3.8) is 0 Å². The fraction of sp³-hybridized carbons (Fsp3) is 1.00. The number of hydrogen-bond acceptors (Lipinski definition) is 1. The normalized spacial score (nSPS) is 39.8. The van der Waals surface area contributed by atoms with Gasteiger partial charge in [0.2, 0.25) is 0 Å². The zero-order valence-corrected chi connectivity index (χ0v) is 4.93. The number of hydrogen-bond donors (Lipinski definition) is 1. The molecule has 0 aromatic rings. The van der Waals surface area contributed by atoms with Crippen molar-refractivity contribution in [1.82, 2.24) is 5.73 Å². The van der Waals surface area contributed by atoms with Gasteiger partial charge < -0.3 is 5.11 Å². The van der Waals surface area contributed by atoms with E-state index in [2.05, 4.69) is 0 Å². The van der Waals surface area contributed by atoms with Crippen LogP contribution in [0, 0.1) is 0 Å². The Bertz CT molecular complexity index is 56.9. The summed E-state index contributed by atoms with van der Waals surface area (Å²) in [4.78, 5) is 0. The number of aliphatic hydroxyl groups is 1. The molecule has 47 valence electrons. The van der Waals surface area contributed by atoms with Crippen LogP contribution in [0.25, 0.3) is 0 Å². The van der Waals surface area contributed by atoms with Crippen LogP contribution in [0.15, 0.2) is 0 Å². The number of nitrogens with one attached hydrogen (secondary N) is 1. The molecule has 0 saturated heterocycles. The lowest BCUT2D eigenvalue weighted by atomic mass is 9.94. The Labute approximate surface area is 49.7 Å². The Kier molecular flexibility index (Phi) is 1.86. The molecule has 8 heavy (non-hydrogen) atoms. The van der Waals surface area contributed by atoms with Gasteiger partial charge in [0.25, 0.3) is 0 Å². The van der Waals surface area contributed by atoms with E-state index in [4.69, 9.17) is 10.8 Å². The van der Waals surface area contributed by atoms with Crippen molar-refractivity contribution in [2.45, 2.75) is 37.8 Å². The Morgan fingerprint density at radius 1 is 1.12 bits per heavy atom. The SMILES string of the molecule is [NH]C1CCC(O)CC1. The first-order valence-corrected chi connectivity index (χ1v) is 3.18. The quantitative estimate of drug-likeness (QED) is 0.491. The van der Waals surface area contributed by atoms with E-state index in [1.54, 1.807) is 0 Å². The maximum atomic E-state index is 8.94. The molecule has 0 spiro atoms. The zero-order chi connectivity index (χ0) is 5.98. The van der Waals surface area contributed by atoms with Gasteiger partial charge >= 0.3 is 0 Å². The predicted octanol–water partition coefficient (Wildman–Crippen LogP) is 0.573. The van der Waals surface area contributed by atoms with Crippen LogP contribution in [0.4, 0.5) is 0 Å². The van der Waals surface area contributed by atoms with Crippen LogP contribution in [0.3, 0.4) is 0 Å². The Morgan fingerprint density at radius 2 is 1.62 bits per heavy atom. The Balaban J connectivity index is 2.19. The molecule has 0 bridgehead atoms. The zero-order valence-electron chi connectivity index (χ0n) is 4.93. The molecule has 0 unspecified atom stereocenters. The van der Waals surface area contributed by atoms with Crippen molar-refractivity contribution in [2.24, 2.45) is 0 Å². The lowest BCUT2D eigenvalue weighted by Crippen LogP contribution is -2.22. The minimum atomic E-state index is -0.100. The monoisotopic (exact) mass is 114 g/mol. The summed E-state index contributed by atoms with van der Waals surface area (Å²) in [5, 5.41) is 8.94. The van der Waals surface area contributed by atoms with E-state index in [0.29, 0.717) is 0 Å². The van der Waals surface area contributed by atoms with Gasteiger partial charge in [-0.1, -0.05) is 0 Å². The molecule has 1 radical (unpaired) electrons. The summed E-state index contributed by atoms with van der Waals surface area (Å²) in [6.07, 6.45) is 3.36. The summed E-state index contributed by atoms with van der Waals surface area (Å²) in [5.74, 6) is 0. The largest absolute Gasteiger partial charge is 0.393 e. The highest BCUT2D eigenvalue weighted by Crippen LogP contribution is 2.16. The minimum Gasteiger partial charge on any atom is -0.393 e. The highest BCUT2D eigenvalue weighted by Gasteiger charge is 2.15. The van der Waals surface area contributed by atoms with Crippen LogP contribution in [0.1, 0.15) is 25.7 Å². The van der Waals surface area contributed by atoms with Crippen LogP contribution < -0.4 is 5.73 Å². The topological polar surface area (TPSA) is 44.0 Å². The fourth-order valence-corrected chi connectivity index (χ4v) is 1.08. The van der Waals surface area contributed by atoms with Gasteiger partial charge in [-0.25, -0.2) is 0 Å². The number of aliphatic hydroxyl groups excluding tert-OH is 1. The molecule has 2 N–H and O–H groups in total. The standard InChI is InChI=1S/C6H12NO/c7-5-1-3-6(8)4-2-5/h5-8H,1-4H2. The Hall–Kier alpha value is -0.0800. The van der Waals surface area contributed by atoms with Crippen molar-refractivity contribution in [1.29, 1.82) is 0 Å². The van der Waals surface area contributed by atoms with E-state index in [9.17, 15) is 0 Å². The molecular formula is C6H12NO. The van der Waals surface area contributed by atoms with Gasteiger partial charge in [0.05, 0.1) is 6.10 Å². The predicted molar refractivity (Wildman–Crippen MR) is 31.4 cm³/mol. The lowest BCUT2D eigenvalue weighted by molar-refractivity contribution is 0.122. The lowest BCUT2D eigenvalue weighted by Gasteiger charge is -2.20. The molecule has 1 saturated carbocycles. The average molecular weight is 114 g/mol. The second-order valence-electron chi connectivity index (χ2n) is 2.51.